The van der Waals surface area contributed by atoms with Crippen molar-refractivity contribution in [1.29, 1.82) is 0 Å². The molecule has 1 N–H and O–H groups in total. The monoisotopic (exact) mass is 337 g/mol. The zero-order valence-corrected chi connectivity index (χ0v) is 14.1. The lowest BCUT2D eigenvalue weighted by Gasteiger charge is -2.07. The van der Waals surface area contributed by atoms with Gasteiger partial charge in [0.25, 0.3) is 5.69 Å². The Labute approximate surface area is 145 Å². The van der Waals surface area contributed by atoms with Gasteiger partial charge in [-0.2, -0.15) is 5.10 Å². The Kier molecular flexibility index (Phi) is 4.74. The second-order valence-corrected chi connectivity index (χ2v) is 5.99. The van der Waals surface area contributed by atoms with Crippen molar-refractivity contribution in [3.8, 4) is 5.69 Å². The molecule has 7 heteroatoms. The Morgan fingerprint density at radius 3 is 2.56 bits per heavy atom. The van der Waals surface area contributed by atoms with Crippen molar-refractivity contribution in [3.63, 3.8) is 0 Å². The van der Waals surface area contributed by atoms with Gasteiger partial charge in [0.15, 0.2) is 0 Å². The van der Waals surface area contributed by atoms with E-state index in [1.807, 2.05) is 41.2 Å². The third-order valence-corrected chi connectivity index (χ3v) is 3.81. The molecule has 0 bridgehead atoms. The zero-order chi connectivity index (χ0) is 17.8. The van der Waals surface area contributed by atoms with Gasteiger partial charge in [-0.1, -0.05) is 32.0 Å². The van der Waals surface area contributed by atoms with Crippen LogP contribution in [0.1, 0.15) is 31.0 Å². The third-order valence-electron chi connectivity index (χ3n) is 3.81. The van der Waals surface area contributed by atoms with E-state index in [2.05, 4.69) is 24.1 Å². The Balaban J connectivity index is 1.79. The maximum Gasteiger partial charge on any atom is 0.287 e. The lowest BCUT2D eigenvalue weighted by molar-refractivity contribution is -0.385. The van der Waals surface area contributed by atoms with E-state index in [9.17, 15) is 10.1 Å². The minimum Gasteiger partial charge on any atom is -0.366 e. The molecule has 7 nitrogen and oxygen atoms in total. The highest BCUT2D eigenvalue weighted by molar-refractivity contribution is 5.41. The topological polar surface area (TPSA) is 85.9 Å². The van der Waals surface area contributed by atoms with Gasteiger partial charge in [-0.25, -0.2) is 9.67 Å². The number of anilines is 1. The normalized spacial score (nSPS) is 10.8. The number of pyridine rings is 1. The summed E-state index contributed by atoms with van der Waals surface area (Å²) in [6.45, 7) is 4.75. The van der Waals surface area contributed by atoms with Crippen LogP contribution in [-0.4, -0.2) is 19.7 Å². The van der Waals surface area contributed by atoms with E-state index in [4.69, 9.17) is 5.10 Å². The Hall–Kier alpha value is -3.22. The maximum absolute atomic E-state index is 10.7. The molecule has 3 aromatic rings. The third kappa shape index (κ3) is 3.82. The van der Waals surface area contributed by atoms with Crippen LogP contribution in [-0.2, 0) is 6.54 Å². The summed E-state index contributed by atoms with van der Waals surface area (Å²) in [6.07, 6.45) is 3.25. The maximum atomic E-state index is 10.7. The van der Waals surface area contributed by atoms with Gasteiger partial charge in [-0.05, 0) is 24.1 Å². The van der Waals surface area contributed by atoms with Gasteiger partial charge in [0.2, 0.25) is 0 Å². The fraction of sp³-hybridized carbons (Fsp3) is 0.222. The molecule has 0 aliphatic rings. The van der Waals surface area contributed by atoms with E-state index >= 15 is 0 Å². The van der Waals surface area contributed by atoms with Gasteiger partial charge in [0.05, 0.1) is 16.3 Å². The van der Waals surface area contributed by atoms with E-state index in [0.29, 0.717) is 12.4 Å². The molecule has 0 radical (unpaired) electrons. The summed E-state index contributed by atoms with van der Waals surface area (Å²) in [6, 6.07) is 13.0. The number of nitrogens with zero attached hydrogens (tertiary/aromatic N) is 4. The van der Waals surface area contributed by atoms with Crippen LogP contribution in [0.4, 0.5) is 11.5 Å². The Bertz CT molecular complexity index is 857. The lowest BCUT2D eigenvalue weighted by Crippen LogP contribution is -2.04. The van der Waals surface area contributed by atoms with Crippen molar-refractivity contribution in [2.24, 2.45) is 0 Å². The number of rotatable bonds is 6. The number of nitrogens with one attached hydrogen (secondary N) is 1. The molecule has 0 aliphatic carbocycles. The number of hydrogen-bond acceptors (Lipinski definition) is 5. The van der Waals surface area contributed by atoms with E-state index in [1.165, 1.54) is 12.3 Å². The molecule has 0 unspecified atom stereocenters. The van der Waals surface area contributed by atoms with Crippen LogP contribution >= 0.6 is 0 Å². The van der Waals surface area contributed by atoms with E-state index in [1.54, 1.807) is 6.07 Å². The van der Waals surface area contributed by atoms with Gasteiger partial charge in [-0.15, -0.1) is 0 Å². The zero-order valence-electron chi connectivity index (χ0n) is 14.1. The first-order valence-electron chi connectivity index (χ1n) is 8.03. The number of aromatic nitrogens is 3. The molecule has 2 aromatic heterocycles. The van der Waals surface area contributed by atoms with Crippen LogP contribution in [0.2, 0.25) is 0 Å². The van der Waals surface area contributed by atoms with Crippen LogP contribution in [0, 0.1) is 10.1 Å². The highest BCUT2D eigenvalue weighted by Gasteiger charge is 2.13. The molecule has 0 saturated carbocycles. The minimum absolute atomic E-state index is 0.0229. The molecule has 3 rings (SSSR count). The Morgan fingerprint density at radius 1 is 1.20 bits per heavy atom. The van der Waals surface area contributed by atoms with Gasteiger partial charge in [0, 0.05) is 24.4 Å². The predicted octanol–water partition coefficient (Wildman–Crippen LogP) is 3.91. The van der Waals surface area contributed by atoms with E-state index in [-0.39, 0.29) is 11.6 Å². The first-order valence-corrected chi connectivity index (χ1v) is 8.03. The lowest BCUT2D eigenvalue weighted by atomic mass is 10.1. The van der Waals surface area contributed by atoms with Gasteiger partial charge >= 0.3 is 0 Å². The summed E-state index contributed by atoms with van der Waals surface area (Å²) in [5.74, 6) is 0.874. The predicted molar refractivity (Wildman–Crippen MR) is 95.9 cm³/mol. The van der Waals surface area contributed by atoms with Crippen molar-refractivity contribution in [2.75, 3.05) is 5.32 Å². The van der Waals surface area contributed by atoms with Crippen molar-refractivity contribution < 1.29 is 4.92 Å². The minimum atomic E-state index is -0.461. The van der Waals surface area contributed by atoms with E-state index < -0.39 is 4.92 Å². The second kappa shape index (κ2) is 7.12. The van der Waals surface area contributed by atoms with Crippen molar-refractivity contribution in [3.05, 3.63) is 76.2 Å². The first kappa shape index (κ1) is 16.6. The molecule has 0 saturated heterocycles. The van der Waals surface area contributed by atoms with Crippen molar-refractivity contribution in [1.82, 2.24) is 14.8 Å². The van der Waals surface area contributed by atoms with Crippen molar-refractivity contribution >= 4 is 11.5 Å². The van der Waals surface area contributed by atoms with Gasteiger partial charge < -0.3 is 5.32 Å². The average Bonchev–Trinajstić information content (AvgIpc) is 3.05. The van der Waals surface area contributed by atoms with Crippen LogP contribution in [0.3, 0.4) is 0 Å². The molecule has 1 aromatic carbocycles. The first-order chi connectivity index (χ1) is 12.0. The summed E-state index contributed by atoms with van der Waals surface area (Å²) in [5.41, 5.74) is 3.06. The highest BCUT2D eigenvalue weighted by Crippen LogP contribution is 2.21. The molecular weight excluding hydrogens is 318 g/mol. The molecule has 25 heavy (non-hydrogen) atoms. The van der Waals surface area contributed by atoms with Crippen LogP contribution in [0.15, 0.2) is 54.9 Å². The van der Waals surface area contributed by atoms with Crippen LogP contribution in [0.25, 0.3) is 5.69 Å². The number of para-hydroxylation sites is 1. The highest BCUT2D eigenvalue weighted by atomic mass is 16.6. The summed E-state index contributed by atoms with van der Waals surface area (Å²) >= 11 is 0. The van der Waals surface area contributed by atoms with E-state index in [0.717, 1.165) is 16.9 Å². The summed E-state index contributed by atoms with van der Waals surface area (Å²) in [5, 5.41) is 18.6. The second-order valence-electron chi connectivity index (χ2n) is 5.99. The SMILES string of the molecule is CC(C)c1nn(-c2ccccc2)cc1CNc1ccc([N+](=O)[O-])cn1. The summed E-state index contributed by atoms with van der Waals surface area (Å²) in [7, 11) is 0. The molecular formula is C18H19N5O2. The number of nitro groups is 1. The van der Waals surface area contributed by atoms with Gasteiger partial charge in [-0.3, -0.25) is 10.1 Å². The largest absolute Gasteiger partial charge is 0.366 e. The molecule has 0 atom stereocenters. The average molecular weight is 337 g/mol. The molecule has 2 heterocycles. The fourth-order valence-electron chi connectivity index (χ4n) is 2.54. The molecule has 0 amide bonds. The number of hydrogen-bond donors (Lipinski definition) is 1. The van der Waals surface area contributed by atoms with Gasteiger partial charge in [0.1, 0.15) is 12.0 Å². The van der Waals surface area contributed by atoms with Crippen LogP contribution in [0.5, 0.6) is 0 Å². The Morgan fingerprint density at radius 2 is 1.96 bits per heavy atom. The standard InChI is InChI=1S/C18H19N5O2/c1-13(2)18-14(12-22(21-18)15-6-4-3-5-7-15)10-19-17-9-8-16(11-20-17)23(24)25/h3-9,11-13H,10H2,1-2H3,(H,19,20). The molecule has 0 spiro atoms. The molecule has 128 valence electrons. The fourth-order valence-corrected chi connectivity index (χ4v) is 2.54. The molecule has 0 aliphatic heterocycles. The summed E-state index contributed by atoms with van der Waals surface area (Å²) < 4.78 is 1.87. The van der Waals surface area contributed by atoms with Crippen LogP contribution < -0.4 is 5.32 Å². The quantitative estimate of drug-likeness (QED) is 0.544. The number of benzene rings is 1. The van der Waals surface area contributed by atoms with Crippen molar-refractivity contribution in [2.45, 2.75) is 26.3 Å². The summed E-state index contributed by atoms with van der Waals surface area (Å²) in [4.78, 5) is 14.3. The smallest absolute Gasteiger partial charge is 0.287 e. The molecule has 0 fully saturated rings.